The minimum atomic E-state index is -0.453. The Morgan fingerprint density at radius 3 is 1.37 bits per heavy atom. The number of nitrogens with zero attached hydrogens (tertiary/aromatic N) is 2. The van der Waals surface area contributed by atoms with E-state index in [4.69, 9.17) is 5.41 Å². The van der Waals surface area contributed by atoms with Gasteiger partial charge in [0.25, 0.3) is 0 Å². The van der Waals surface area contributed by atoms with E-state index in [1.54, 1.807) is 0 Å². The van der Waals surface area contributed by atoms with Gasteiger partial charge in [-0.2, -0.15) is 0 Å². The van der Waals surface area contributed by atoms with Gasteiger partial charge in [0.2, 0.25) is 0 Å². The minimum Gasteiger partial charge on any atom is -0.507 e. The average molecular weight is 396 g/mol. The summed E-state index contributed by atoms with van der Waals surface area (Å²) in [6.45, 7) is -0.0452. The molecule has 7 N–H and O–H groups in total. The molecule has 0 unspecified atom stereocenters. The van der Waals surface area contributed by atoms with E-state index in [1.807, 2.05) is 0 Å². The van der Waals surface area contributed by atoms with Crippen molar-refractivity contribution in [1.29, 1.82) is 5.41 Å². The van der Waals surface area contributed by atoms with Gasteiger partial charge in [0, 0.05) is 35.7 Å². The van der Waals surface area contributed by atoms with Crippen LogP contribution in [-0.4, -0.2) is 61.9 Å². The van der Waals surface area contributed by atoms with E-state index in [2.05, 4.69) is 9.98 Å². The fourth-order valence-electron chi connectivity index (χ4n) is 1.93. The molecule has 9 nitrogen and oxygen atoms in total. The van der Waals surface area contributed by atoms with Crippen LogP contribution in [0.2, 0.25) is 0 Å². The zero-order chi connectivity index (χ0) is 19.3. The number of aromatic hydroxyl groups is 6. The number of benzene rings is 2. The second kappa shape index (κ2) is 9.30. The molecule has 0 fully saturated rings. The fraction of sp³-hybridized carbons (Fsp3) is 0.118. The number of nitrogens with one attached hydrogen (secondary N) is 1. The third-order valence-corrected chi connectivity index (χ3v) is 3.27. The van der Waals surface area contributed by atoms with Crippen LogP contribution in [0.25, 0.3) is 0 Å². The van der Waals surface area contributed by atoms with Gasteiger partial charge in [-0.25, -0.2) is 0 Å². The Morgan fingerprint density at radius 1 is 0.667 bits per heavy atom. The van der Waals surface area contributed by atoms with Crippen molar-refractivity contribution in [2.45, 2.75) is 0 Å². The summed E-state index contributed by atoms with van der Waals surface area (Å²) in [4.78, 5) is 7.89. The Bertz CT molecular complexity index is 827. The molecule has 0 radical (unpaired) electrons. The van der Waals surface area contributed by atoms with Crippen molar-refractivity contribution >= 4 is 30.5 Å². The molecule has 0 amide bonds. The predicted molar refractivity (Wildman–Crippen MR) is 103 cm³/mol. The molecule has 0 aliphatic rings. The van der Waals surface area contributed by atoms with Crippen LogP contribution >= 0.6 is 12.4 Å². The number of aliphatic imine (C=N–C) groups is 2. The van der Waals surface area contributed by atoms with Crippen molar-refractivity contribution in [3.8, 4) is 34.5 Å². The van der Waals surface area contributed by atoms with Crippen LogP contribution in [0.4, 0.5) is 0 Å². The summed E-state index contributed by atoms with van der Waals surface area (Å²) in [5.41, 5.74) is 0.490. The molecule has 2 aromatic carbocycles. The van der Waals surface area contributed by atoms with Crippen molar-refractivity contribution in [3.05, 3.63) is 35.4 Å². The lowest BCUT2D eigenvalue weighted by atomic mass is 10.2. The molecule has 0 bridgehead atoms. The van der Waals surface area contributed by atoms with Crippen LogP contribution in [0.5, 0.6) is 34.5 Å². The maximum atomic E-state index is 9.61. The van der Waals surface area contributed by atoms with Gasteiger partial charge >= 0.3 is 0 Å². The quantitative estimate of drug-likeness (QED) is 0.224. The largest absolute Gasteiger partial charge is 0.507 e. The third kappa shape index (κ3) is 5.79. The van der Waals surface area contributed by atoms with Gasteiger partial charge in [0.05, 0.1) is 18.8 Å². The molecule has 0 saturated carbocycles. The highest BCUT2D eigenvalue weighted by Gasteiger charge is 2.07. The molecule has 2 rings (SSSR count). The topological polar surface area (TPSA) is 170 Å². The van der Waals surface area contributed by atoms with E-state index >= 15 is 0 Å². The lowest BCUT2D eigenvalue weighted by Gasteiger charge is -2.03. The summed E-state index contributed by atoms with van der Waals surface area (Å²) in [6, 6.07) is 4.23. The standard InChI is InChI=1S/C17H17N3O6.ClH/c18-11(7-19-5-9-1-14(23)16(25)3-12(9)21)8-20-6-10-2-15(24)17(26)4-13(10)22;/h1-6,18,21-26H,7-8H2;1H. The maximum Gasteiger partial charge on any atom is 0.161 e. The molecule has 0 aliphatic heterocycles. The van der Waals surface area contributed by atoms with Gasteiger partial charge in [0.15, 0.2) is 23.0 Å². The number of hydrogen-bond acceptors (Lipinski definition) is 9. The summed E-state index contributed by atoms with van der Waals surface area (Å²) in [5, 5.41) is 64.2. The lowest BCUT2D eigenvalue weighted by molar-refractivity contribution is 0.396. The molecule has 0 aromatic heterocycles. The van der Waals surface area contributed by atoms with Crippen LogP contribution in [0.15, 0.2) is 34.3 Å². The average Bonchev–Trinajstić information content (AvgIpc) is 2.57. The molecule has 0 aliphatic carbocycles. The first-order valence-corrected chi connectivity index (χ1v) is 7.33. The number of hydrogen-bond donors (Lipinski definition) is 7. The van der Waals surface area contributed by atoms with E-state index < -0.39 is 23.0 Å². The SMILES string of the molecule is Cl.N=C(CN=Cc1cc(O)c(O)cc1O)CN=Cc1cc(O)c(O)cc1O. The van der Waals surface area contributed by atoms with Crippen LogP contribution in [0.1, 0.15) is 11.1 Å². The second-order valence-corrected chi connectivity index (χ2v) is 5.34. The highest BCUT2D eigenvalue weighted by Crippen LogP contribution is 2.32. The molecule has 27 heavy (non-hydrogen) atoms. The first-order chi connectivity index (χ1) is 12.3. The van der Waals surface area contributed by atoms with Crippen molar-refractivity contribution in [2.24, 2.45) is 9.98 Å². The highest BCUT2D eigenvalue weighted by molar-refractivity contribution is 5.92. The monoisotopic (exact) mass is 395 g/mol. The predicted octanol–water partition coefficient (Wildman–Crippen LogP) is 1.90. The van der Waals surface area contributed by atoms with E-state index in [1.165, 1.54) is 12.4 Å². The van der Waals surface area contributed by atoms with E-state index in [0.717, 1.165) is 24.3 Å². The third-order valence-electron chi connectivity index (χ3n) is 3.27. The smallest absolute Gasteiger partial charge is 0.161 e. The van der Waals surface area contributed by atoms with Gasteiger partial charge in [-0.15, -0.1) is 12.4 Å². The first-order valence-electron chi connectivity index (χ1n) is 7.33. The number of phenolic OH excluding ortho intramolecular Hbond substituents is 6. The molecular weight excluding hydrogens is 378 g/mol. The zero-order valence-corrected chi connectivity index (χ0v) is 14.7. The summed E-state index contributed by atoms with van der Waals surface area (Å²) in [7, 11) is 0. The molecule has 10 heteroatoms. The second-order valence-electron chi connectivity index (χ2n) is 5.34. The van der Waals surface area contributed by atoms with E-state index in [0.29, 0.717) is 0 Å². The molecule has 0 heterocycles. The number of rotatable bonds is 6. The van der Waals surface area contributed by atoms with Crippen LogP contribution in [0.3, 0.4) is 0 Å². The van der Waals surface area contributed by atoms with Crippen LogP contribution < -0.4 is 0 Å². The van der Waals surface area contributed by atoms with Gasteiger partial charge in [0.1, 0.15) is 11.5 Å². The molecule has 0 atom stereocenters. The summed E-state index contributed by atoms with van der Waals surface area (Å²) >= 11 is 0. The van der Waals surface area contributed by atoms with Crippen molar-refractivity contribution in [2.75, 3.05) is 13.1 Å². The van der Waals surface area contributed by atoms with Crippen molar-refractivity contribution < 1.29 is 30.6 Å². The Balaban J connectivity index is 0.00000364. The molecule has 0 spiro atoms. The van der Waals surface area contributed by atoms with E-state index in [9.17, 15) is 30.6 Å². The van der Waals surface area contributed by atoms with Crippen LogP contribution in [-0.2, 0) is 0 Å². The first kappa shape index (κ1) is 21.6. The number of halogens is 1. The molecule has 0 saturated heterocycles. The van der Waals surface area contributed by atoms with Crippen molar-refractivity contribution in [3.63, 3.8) is 0 Å². The minimum absolute atomic E-state index is 0. The summed E-state index contributed by atoms with van der Waals surface area (Å²) in [6.07, 6.45) is 2.49. The molecule has 144 valence electrons. The maximum absolute atomic E-state index is 9.61. The molecule has 2 aromatic rings. The Labute approximate surface area is 160 Å². The Kier molecular flexibility index (Phi) is 7.43. The highest BCUT2D eigenvalue weighted by atomic mass is 35.5. The van der Waals surface area contributed by atoms with Gasteiger partial charge in [-0.05, 0) is 12.1 Å². The van der Waals surface area contributed by atoms with Crippen molar-refractivity contribution in [1.82, 2.24) is 0 Å². The lowest BCUT2D eigenvalue weighted by Crippen LogP contribution is -2.06. The fourth-order valence-corrected chi connectivity index (χ4v) is 1.93. The summed E-state index contributed by atoms with van der Waals surface area (Å²) < 4.78 is 0. The normalized spacial score (nSPS) is 11.0. The van der Waals surface area contributed by atoms with Gasteiger partial charge < -0.3 is 36.0 Å². The van der Waals surface area contributed by atoms with Crippen LogP contribution in [0, 0.1) is 5.41 Å². The zero-order valence-electron chi connectivity index (χ0n) is 13.9. The van der Waals surface area contributed by atoms with Gasteiger partial charge in [-0.1, -0.05) is 0 Å². The summed E-state index contributed by atoms with van der Waals surface area (Å²) in [5.74, 6) is -2.25. The van der Waals surface area contributed by atoms with Gasteiger partial charge in [-0.3, -0.25) is 9.98 Å². The Morgan fingerprint density at radius 2 is 1.00 bits per heavy atom. The Hall–Kier alpha value is -3.46. The number of phenols is 6. The molecular formula is C17H18ClN3O6. The van der Waals surface area contributed by atoms with E-state index in [-0.39, 0.29) is 53.8 Å².